The molecule has 0 aromatic carbocycles. The molecule has 2 unspecified atom stereocenters. The molecule has 0 spiro atoms. The summed E-state index contributed by atoms with van der Waals surface area (Å²) in [5, 5.41) is 14.6. The number of cyclic esters (lactones) is 4. The molecule has 10 nitrogen and oxygen atoms in total. The van der Waals surface area contributed by atoms with Crippen molar-refractivity contribution < 1.29 is 38.1 Å². The van der Waals surface area contributed by atoms with E-state index in [0.717, 1.165) is 25.7 Å². The molecule has 2 aliphatic rings. The highest BCUT2D eigenvalue weighted by Crippen LogP contribution is 2.03. The second-order valence-electron chi connectivity index (χ2n) is 7.74. The Morgan fingerprint density at radius 3 is 1.14 bits per heavy atom. The van der Waals surface area contributed by atoms with Crippen molar-refractivity contribution in [3.05, 3.63) is 0 Å². The summed E-state index contributed by atoms with van der Waals surface area (Å²) >= 11 is 0. The minimum atomic E-state index is -0.549. The summed E-state index contributed by atoms with van der Waals surface area (Å²) in [6.45, 7) is 14.8. The number of rotatable bonds is 8. The van der Waals surface area contributed by atoms with Crippen LogP contribution in [0.25, 0.3) is 0 Å². The highest BCUT2D eigenvalue weighted by molar-refractivity contribution is 5.75. The fourth-order valence-corrected chi connectivity index (χ4v) is 2.08. The van der Waals surface area contributed by atoms with Gasteiger partial charge in [0.25, 0.3) is 0 Å². The molecule has 0 radical (unpaired) electrons. The number of carbonyl (C=O) groups is 4. The average molecular weight is 515 g/mol. The lowest BCUT2D eigenvalue weighted by Crippen LogP contribution is -2.01. The molecule has 2 aliphatic heterocycles. The Labute approximate surface area is 217 Å². The molecule has 0 aromatic rings. The van der Waals surface area contributed by atoms with Gasteiger partial charge in [0.15, 0.2) is 0 Å². The third-order valence-corrected chi connectivity index (χ3v) is 3.73. The zero-order chi connectivity index (χ0) is 28.8. The van der Waals surface area contributed by atoms with E-state index in [1.54, 1.807) is 39.8 Å². The van der Waals surface area contributed by atoms with Crippen molar-refractivity contribution in [1.82, 2.24) is 0 Å². The number of carbonyl (C=O) groups excluding carboxylic acids is 4. The molecule has 2 rings (SSSR count). The number of ether oxygens (including phenoxy) is 4. The summed E-state index contributed by atoms with van der Waals surface area (Å²) in [5.74, 6) is 0.636. The van der Waals surface area contributed by atoms with Gasteiger partial charge in [0, 0.05) is 26.7 Å². The SMILES string of the molecule is CC#N.CC#N.CC1COC(=O)O1.CC1COC(=O)O1.CCCCCC(C)=O.CCCCCC(C)=O. The van der Waals surface area contributed by atoms with E-state index in [2.05, 4.69) is 32.8 Å². The van der Waals surface area contributed by atoms with E-state index in [4.69, 9.17) is 10.5 Å². The van der Waals surface area contributed by atoms with Crippen molar-refractivity contribution in [2.45, 2.75) is 119 Å². The average Bonchev–Trinajstić information content (AvgIpc) is 3.36. The van der Waals surface area contributed by atoms with Crippen LogP contribution >= 0.6 is 0 Å². The van der Waals surface area contributed by atoms with Gasteiger partial charge in [-0.2, -0.15) is 10.5 Å². The first-order valence-corrected chi connectivity index (χ1v) is 12.2. The van der Waals surface area contributed by atoms with Crippen LogP contribution in [-0.2, 0) is 28.5 Å². The maximum atomic E-state index is 10.3. The number of nitrogens with zero attached hydrogens (tertiary/aromatic N) is 2. The summed E-state index contributed by atoms with van der Waals surface area (Å²) in [4.78, 5) is 40.7. The Morgan fingerprint density at radius 2 is 1.03 bits per heavy atom. The summed E-state index contributed by atoms with van der Waals surface area (Å²) in [6, 6.07) is 3.50. The van der Waals surface area contributed by atoms with Crippen LogP contribution < -0.4 is 0 Å². The highest BCUT2D eigenvalue weighted by atomic mass is 16.8. The van der Waals surface area contributed by atoms with Crippen LogP contribution in [0.3, 0.4) is 0 Å². The smallest absolute Gasteiger partial charge is 0.430 e. The van der Waals surface area contributed by atoms with Crippen molar-refractivity contribution in [2.24, 2.45) is 0 Å². The minimum absolute atomic E-state index is 0.0486. The van der Waals surface area contributed by atoms with Crippen molar-refractivity contribution >= 4 is 23.9 Å². The third kappa shape index (κ3) is 44.5. The summed E-state index contributed by atoms with van der Waals surface area (Å²) < 4.78 is 17.8. The molecule has 36 heavy (non-hydrogen) atoms. The number of unbranched alkanes of at least 4 members (excludes halogenated alkanes) is 4. The molecule has 208 valence electrons. The van der Waals surface area contributed by atoms with Gasteiger partial charge >= 0.3 is 12.3 Å². The molecule has 0 saturated carbocycles. The van der Waals surface area contributed by atoms with Gasteiger partial charge in [-0.15, -0.1) is 0 Å². The fraction of sp³-hybridized carbons (Fsp3) is 0.769. The number of hydrogen-bond donors (Lipinski definition) is 0. The Balaban J connectivity index is -0.000000177. The molecule has 0 aromatic heterocycles. The molecule has 2 fully saturated rings. The molecule has 10 heteroatoms. The van der Waals surface area contributed by atoms with Crippen molar-refractivity contribution in [2.75, 3.05) is 13.2 Å². The number of nitriles is 2. The van der Waals surface area contributed by atoms with E-state index < -0.39 is 12.3 Å². The van der Waals surface area contributed by atoms with E-state index >= 15 is 0 Å². The normalized spacial score (nSPS) is 15.9. The molecule has 0 amide bonds. The van der Waals surface area contributed by atoms with Gasteiger partial charge in [0.1, 0.15) is 37.0 Å². The van der Waals surface area contributed by atoms with Gasteiger partial charge in [-0.25, -0.2) is 9.59 Å². The number of ketones is 2. The lowest BCUT2D eigenvalue weighted by Gasteiger charge is -1.90. The molecule has 2 saturated heterocycles. The van der Waals surface area contributed by atoms with Gasteiger partial charge < -0.3 is 28.5 Å². The predicted octanol–water partition coefficient (Wildman–Crippen LogP) is 6.45. The van der Waals surface area contributed by atoms with Crippen molar-refractivity contribution in [3.8, 4) is 12.1 Å². The van der Waals surface area contributed by atoms with Crippen LogP contribution in [0.1, 0.15) is 107 Å². The maximum absolute atomic E-state index is 10.3. The number of hydrogen-bond acceptors (Lipinski definition) is 10. The third-order valence-electron chi connectivity index (χ3n) is 3.73. The molecule has 0 N–H and O–H groups in total. The monoisotopic (exact) mass is 514 g/mol. The van der Waals surface area contributed by atoms with Crippen LogP contribution in [0.5, 0.6) is 0 Å². The van der Waals surface area contributed by atoms with Gasteiger partial charge in [0.05, 0.1) is 12.1 Å². The topological polar surface area (TPSA) is 153 Å². The first kappa shape index (κ1) is 40.0. The Bertz CT molecular complexity index is 597. The Kier molecular flexibility index (Phi) is 35.4. The van der Waals surface area contributed by atoms with Gasteiger partial charge in [-0.05, 0) is 40.5 Å². The zero-order valence-corrected chi connectivity index (χ0v) is 23.4. The second kappa shape index (κ2) is 31.9. The van der Waals surface area contributed by atoms with E-state index in [-0.39, 0.29) is 12.2 Å². The highest BCUT2D eigenvalue weighted by Gasteiger charge is 2.19. The lowest BCUT2D eigenvalue weighted by molar-refractivity contribution is -0.117. The lowest BCUT2D eigenvalue weighted by atomic mass is 10.2. The summed E-state index contributed by atoms with van der Waals surface area (Å²) in [7, 11) is 0. The van der Waals surface area contributed by atoms with Crippen LogP contribution in [0, 0.1) is 22.7 Å². The first-order chi connectivity index (χ1) is 16.9. The second-order valence-corrected chi connectivity index (χ2v) is 7.74. The van der Waals surface area contributed by atoms with Crippen LogP contribution in [0.2, 0.25) is 0 Å². The summed E-state index contributed by atoms with van der Waals surface area (Å²) in [6.07, 6.45) is 7.29. The Hall–Kier alpha value is -3.14. The van der Waals surface area contributed by atoms with E-state index in [1.165, 1.54) is 39.5 Å². The largest absolute Gasteiger partial charge is 0.508 e. The van der Waals surface area contributed by atoms with Gasteiger partial charge in [-0.1, -0.05) is 39.5 Å². The molecule has 2 atom stereocenters. The molecule has 2 heterocycles. The quantitative estimate of drug-likeness (QED) is 0.260. The maximum Gasteiger partial charge on any atom is 0.508 e. The molecular weight excluding hydrogens is 468 g/mol. The van der Waals surface area contributed by atoms with Crippen LogP contribution in [0.4, 0.5) is 9.59 Å². The fourth-order valence-electron chi connectivity index (χ4n) is 2.08. The summed E-state index contributed by atoms with van der Waals surface area (Å²) in [5.41, 5.74) is 0. The predicted molar refractivity (Wildman–Crippen MR) is 136 cm³/mol. The standard InChI is InChI=1S/2C7H14O.2C4H6O3.2C2H3N/c2*1-3-4-5-6-7(2)8;2*1-3-2-6-4(5)7-3;2*1-2-3/h2*3-6H2,1-2H3;2*3H,2H2,1H3;2*1H3. The van der Waals surface area contributed by atoms with Crippen molar-refractivity contribution in [3.63, 3.8) is 0 Å². The molecular formula is C26H46N2O8. The number of Topliss-reactive ketones (excluding diaryl/α,β-unsaturated/α-hetero) is 2. The van der Waals surface area contributed by atoms with E-state index in [9.17, 15) is 19.2 Å². The van der Waals surface area contributed by atoms with Crippen LogP contribution in [-0.4, -0.2) is 49.3 Å². The van der Waals surface area contributed by atoms with Crippen molar-refractivity contribution in [1.29, 1.82) is 10.5 Å². The molecule has 0 bridgehead atoms. The Morgan fingerprint density at radius 1 is 0.750 bits per heavy atom. The minimum Gasteiger partial charge on any atom is -0.430 e. The first-order valence-electron chi connectivity index (χ1n) is 12.2. The van der Waals surface area contributed by atoms with Gasteiger partial charge in [0.2, 0.25) is 0 Å². The van der Waals surface area contributed by atoms with E-state index in [0.29, 0.717) is 24.8 Å². The molecule has 0 aliphatic carbocycles. The van der Waals surface area contributed by atoms with E-state index in [1.807, 2.05) is 0 Å². The zero-order valence-electron chi connectivity index (χ0n) is 23.4. The van der Waals surface area contributed by atoms with Crippen LogP contribution in [0.15, 0.2) is 0 Å². The van der Waals surface area contributed by atoms with Gasteiger partial charge in [-0.3, -0.25) is 0 Å².